The number of rotatable bonds is 1. The molecule has 0 radical (unpaired) electrons. The van der Waals surface area contributed by atoms with E-state index in [-0.39, 0.29) is 10.5 Å². The number of alkyl halides is 3. The van der Waals surface area contributed by atoms with Gasteiger partial charge in [-0.05, 0) is 18.2 Å². The molecule has 0 atom stereocenters. The van der Waals surface area contributed by atoms with Gasteiger partial charge in [0.15, 0.2) is 0 Å². The van der Waals surface area contributed by atoms with Crippen LogP contribution in [0.15, 0.2) is 23.1 Å². The van der Waals surface area contributed by atoms with Crippen molar-refractivity contribution in [3.05, 3.63) is 29.3 Å². The van der Waals surface area contributed by atoms with Crippen molar-refractivity contribution < 1.29 is 22.7 Å². The van der Waals surface area contributed by atoms with Crippen LogP contribution >= 0.6 is 12.6 Å². The molecule has 0 unspecified atom stereocenters. The van der Waals surface area contributed by atoms with Gasteiger partial charge >= 0.3 is 12.1 Å². The van der Waals surface area contributed by atoms with E-state index in [9.17, 15) is 18.0 Å². The lowest BCUT2D eigenvalue weighted by molar-refractivity contribution is -0.137. The standard InChI is InChI=1S/C9H7F3O2S/c1-14-8(13)6-3-2-5(4-7(6)15)9(10,11)12/h2-4,15H,1H3. The van der Waals surface area contributed by atoms with E-state index in [2.05, 4.69) is 17.4 Å². The molecule has 82 valence electrons. The Morgan fingerprint density at radius 2 is 2.00 bits per heavy atom. The van der Waals surface area contributed by atoms with Crippen LogP contribution in [0.1, 0.15) is 15.9 Å². The minimum absolute atomic E-state index is 0.00818. The minimum atomic E-state index is -4.44. The number of hydrogen-bond acceptors (Lipinski definition) is 3. The van der Waals surface area contributed by atoms with Crippen molar-refractivity contribution in [3.8, 4) is 0 Å². The molecule has 0 N–H and O–H groups in total. The molecule has 6 heteroatoms. The molecule has 1 aromatic carbocycles. The average Bonchev–Trinajstić information content (AvgIpc) is 2.15. The number of esters is 1. The van der Waals surface area contributed by atoms with Crippen molar-refractivity contribution in [2.24, 2.45) is 0 Å². The Bertz CT molecular complexity index is 387. The lowest BCUT2D eigenvalue weighted by Gasteiger charge is -2.09. The van der Waals surface area contributed by atoms with Gasteiger partial charge in [-0.1, -0.05) is 0 Å². The molecule has 0 bridgehead atoms. The SMILES string of the molecule is COC(=O)c1ccc(C(F)(F)F)cc1S. The zero-order valence-electron chi connectivity index (χ0n) is 7.63. The molecule has 1 rings (SSSR count). The van der Waals surface area contributed by atoms with Crippen LogP contribution in [0.2, 0.25) is 0 Å². The Kier molecular flexibility index (Phi) is 3.28. The fourth-order valence-corrected chi connectivity index (χ4v) is 1.30. The third-order valence-electron chi connectivity index (χ3n) is 1.73. The second kappa shape index (κ2) is 4.14. The second-order valence-electron chi connectivity index (χ2n) is 2.72. The van der Waals surface area contributed by atoms with Gasteiger partial charge in [0.25, 0.3) is 0 Å². The summed E-state index contributed by atoms with van der Waals surface area (Å²) in [6.07, 6.45) is -4.44. The molecular weight excluding hydrogens is 229 g/mol. The average molecular weight is 236 g/mol. The normalized spacial score (nSPS) is 11.3. The maximum Gasteiger partial charge on any atom is 0.416 e. The highest BCUT2D eigenvalue weighted by Gasteiger charge is 2.31. The van der Waals surface area contributed by atoms with Gasteiger partial charge < -0.3 is 4.74 Å². The summed E-state index contributed by atoms with van der Waals surface area (Å²) in [6, 6.07) is 2.64. The fraction of sp³-hybridized carbons (Fsp3) is 0.222. The molecule has 0 saturated carbocycles. The van der Waals surface area contributed by atoms with Crippen molar-refractivity contribution in [3.63, 3.8) is 0 Å². The van der Waals surface area contributed by atoms with Crippen LogP contribution in [0.25, 0.3) is 0 Å². The molecule has 0 spiro atoms. The first kappa shape index (κ1) is 11.9. The van der Waals surface area contributed by atoms with Crippen molar-refractivity contribution in [1.82, 2.24) is 0 Å². The van der Waals surface area contributed by atoms with E-state index < -0.39 is 17.7 Å². The lowest BCUT2D eigenvalue weighted by atomic mass is 10.1. The van der Waals surface area contributed by atoms with Crippen LogP contribution in [0.4, 0.5) is 13.2 Å². The molecule has 0 heterocycles. The van der Waals surface area contributed by atoms with Crippen LogP contribution in [-0.4, -0.2) is 13.1 Å². The van der Waals surface area contributed by atoms with E-state index in [4.69, 9.17) is 0 Å². The first-order chi connectivity index (χ1) is 6.86. The third-order valence-corrected chi connectivity index (χ3v) is 2.10. The number of ether oxygens (including phenoxy) is 1. The van der Waals surface area contributed by atoms with Crippen molar-refractivity contribution in [1.29, 1.82) is 0 Å². The van der Waals surface area contributed by atoms with Crippen LogP contribution in [0.3, 0.4) is 0 Å². The van der Waals surface area contributed by atoms with E-state index in [1.54, 1.807) is 0 Å². The van der Waals surface area contributed by atoms with Crippen molar-refractivity contribution >= 4 is 18.6 Å². The number of carbonyl (C=O) groups excluding carboxylic acids is 1. The highest BCUT2D eigenvalue weighted by atomic mass is 32.1. The van der Waals surface area contributed by atoms with E-state index >= 15 is 0 Å². The summed E-state index contributed by atoms with van der Waals surface area (Å²) in [7, 11) is 1.15. The number of halogens is 3. The molecule has 15 heavy (non-hydrogen) atoms. The van der Waals surface area contributed by atoms with Crippen molar-refractivity contribution in [2.45, 2.75) is 11.1 Å². The Morgan fingerprint density at radius 1 is 1.40 bits per heavy atom. The topological polar surface area (TPSA) is 26.3 Å². The van der Waals surface area contributed by atoms with Gasteiger partial charge in [0.05, 0.1) is 18.2 Å². The summed E-state index contributed by atoms with van der Waals surface area (Å²) in [6.45, 7) is 0. The highest BCUT2D eigenvalue weighted by molar-refractivity contribution is 7.80. The maximum absolute atomic E-state index is 12.2. The molecule has 0 amide bonds. The van der Waals surface area contributed by atoms with Gasteiger partial charge in [-0.25, -0.2) is 4.79 Å². The van der Waals surface area contributed by atoms with Crippen LogP contribution in [0.5, 0.6) is 0 Å². The lowest BCUT2D eigenvalue weighted by Crippen LogP contribution is -2.08. The van der Waals surface area contributed by atoms with Gasteiger partial charge in [-0.15, -0.1) is 12.6 Å². The van der Waals surface area contributed by atoms with Gasteiger partial charge in [0.2, 0.25) is 0 Å². The van der Waals surface area contributed by atoms with Crippen molar-refractivity contribution in [2.75, 3.05) is 7.11 Å². The molecular formula is C9H7F3O2S. The van der Waals surface area contributed by atoms with Gasteiger partial charge in [-0.3, -0.25) is 0 Å². The number of methoxy groups -OCH3 is 1. The summed E-state index contributed by atoms with van der Waals surface area (Å²) in [5, 5.41) is 0. The second-order valence-corrected chi connectivity index (χ2v) is 3.20. The van der Waals surface area contributed by atoms with Gasteiger partial charge in [-0.2, -0.15) is 13.2 Å². The molecule has 1 aromatic rings. The quantitative estimate of drug-likeness (QED) is 0.599. The summed E-state index contributed by atoms with van der Waals surface area (Å²) >= 11 is 3.79. The summed E-state index contributed by atoms with van der Waals surface area (Å²) in [4.78, 5) is 11.0. The molecule has 0 fully saturated rings. The third kappa shape index (κ3) is 2.65. The zero-order valence-corrected chi connectivity index (χ0v) is 8.52. The number of hydrogen-bond donors (Lipinski definition) is 1. The van der Waals surface area contributed by atoms with Crippen LogP contribution in [0, 0.1) is 0 Å². The van der Waals surface area contributed by atoms with Gasteiger partial charge in [0, 0.05) is 4.90 Å². The van der Waals surface area contributed by atoms with Crippen LogP contribution < -0.4 is 0 Å². The zero-order chi connectivity index (χ0) is 11.6. The molecule has 0 aliphatic carbocycles. The van der Waals surface area contributed by atoms with E-state index in [0.29, 0.717) is 0 Å². The number of benzene rings is 1. The predicted octanol–water partition coefficient (Wildman–Crippen LogP) is 2.78. The molecule has 0 aromatic heterocycles. The fourth-order valence-electron chi connectivity index (χ4n) is 0.991. The Morgan fingerprint density at radius 3 is 2.40 bits per heavy atom. The smallest absolute Gasteiger partial charge is 0.416 e. The number of thiol groups is 1. The first-order valence-corrected chi connectivity index (χ1v) is 4.29. The number of carbonyl (C=O) groups is 1. The van der Waals surface area contributed by atoms with E-state index in [0.717, 1.165) is 25.3 Å². The summed E-state index contributed by atoms with van der Waals surface area (Å²) in [5.74, 6) is -0.714. The summed E-state index contributed by atoms with van der Waals surface area (Å²) in [5.41, 5.74) is -0.839. The molecule has 0 aliphatic heterocycles. The Labute approximate surface area is 89.5 Å². The van der Waals surface area contributed by atoms with Gasteiger partial charge in [0.1, 0.15) is 0 Å². The van der Waals surface area contributed by atoms with Crippen LogP contribution in [-0.2, 0) is 10.9 Å². The molecule has 0 aliphatic rings. The Hall–Kier alpha value is -1.17. The Balaban J connectivity index is 3.15. The highest BCUT2D eigenvalue weighted by Crippen LogP contribution is 2.31. The predicted molar refractivity (Wildman–Crippen MR) is 50.0 cm³/mol. The van der Waals surface area contributed by atoms with E-state index in [1.165, 1.54) is 0 Å². The summed E-state index contributed by atoms with van der Waals surface area (Å²) < 4.78 is 41.1. The minimum Gasteiger partial charge on any atom is -0.465 e. The van der Waals surface area contributed by atoms with E-state index in [1.807, 2.05) is 0 Å². The molecule has 2 nitrogen and oxygen atoms in total. The monoisotopic (exact) mass is 236 g/mol. The maximum atomic E-state index is 12.2. The largest absolute Gasteiger partial charge is 0.465 e. The molecule has 0 saturated heterocycles. The first-order valence-electron chi connectivity index (χ1n) is 3.85.